The van der Waals surface area contributed by atoms with Gasteiger partial charge in [-0.05, 0) is 25.0 Å². The van der Waals surface area contributed by atoms with Gasteiger partial charge in [-0.1, -0.05) is 30.1 Å². The van der Waals surface area contributed by atoms with Crippen molar-refractivity contribution in [3.8, 4) is 0 Å². The standard InChI is InChI=1S/C11H14Cl2N2O5S/c1-2-7(5-6-16)14-21(19,20)9-4-3-8(12)11(10(9)13)15(17)18/h3-4,7,14,16H,2,5-6H2,1H3. The molecule has 0 saturated heterocycles. The summed E-state index contributed by atoms with van der Waals surface area (Å²) in [6, 6.07) is 1.71. The summed E-state index contributed by atoms with van der Waals surface area (Å²) in [6.45, 7) is 1.56. The first-order chi connectivity index (χ1) is 9.74. The highest BCUT2D eigenvalue weighted by molar-refractivity contribution is 7.89. The minimum Gasteiger partial charge on any atom is -0.396 e. The average Bonchev–Trinajstić information content (AvgIpc) is 2.37. The molecule has 0 aromatic heterocycles. The lowest BCUT2D eigenvalue weighted by Crippen LogP contribution is -2.35. The maximum absolute atomic E-state index is 12.2. The van der Waals surface area contributed by atoms with Crippen LogP contribution in [0.25, 0.3) is 0 Å². The van der Waals surface area contributed by atoms with Crippen molar-refractivity contribution in [3.63, 3.8) is 0 Å². The van der Waals surface area contributed by atoms with E-state index < -0.39 is 36.6 Å². The van der Waals surface area contributed by atoms with Gasteiger partial charge >= 0.3 is 5.69 Å². The summed E-state index contributed by atoms with van der Waals surface area (Å²) < 4.78 is 26.8. The molecule has 10 heteroatoms. The Morgan fingerprint density at radius 3 is 2.52 bits per heavy atom. The Morgan fingerprint density at radius 1 is 1.43 bits per heavy atom. The summed E-state index contributed by atoms with van der Waals surface area (Å²) in [5.41, 5.74) is -0.656. The minimum absolute atomic E-state index is 0.185. The van der Waals surface area contributed by atoms with Crippen molar-refractivity contribution < 1.29 is 18.4 Å². The Labute approximate surface area is 132 Å². The summed E-state index contributed by atoms with van der Waals surface area (Å²) in [7, 11) is -4.05. The fourth-order valence-electron chi connectivity index (χ4n) is 1.68. The molecule has 0 spiro atoms. The van der Waals surface area contributed by atoms with Crippen molar-refractivity contribution in [1.82, 2.24) is 4.72 Å². The number of benzene rings is 1. The van der Waals surface area contributed by atoms with Crippen molar-refractivity contribution in [2.45, 2.75) is 30.7 Å². The van der Waals surface area contributed by atoms with Gasteiger partial charge in [0.2, 0.25) is 10.0 Å². The number of hydrogen-bond acceptors (Lipinski definition) is 5. The Hall–Kier alpha value is -0.930. The number of halogens is 2. The first kappa shape index (κ1) is 18.1. The highest BCUT2D eigenvalue weighted by Gasteiger charge is 2.28. The van der Waals surface area contributed by atoms with E-state index in [0.29, 0.717) is 6.42 Å². The van der Waals surface area contributed by atoms with Gasteiger partial charge < -0.3 is 5.11 Å². The second-order valence-corrected chi connectivity index (χ2v) is 6.67. The number of nitro benzene ring substituents is 1. The van der Waals surface area contributed by atoms with Crippen molar-refractivity contribution >= 4 is 38.9 Å². The first-order valence-corrected chi connectivity index (χ1v) is 8.24. The largest absolute Gasteiger partial charge is 0.396 e. The van der Waals surface area contributed by atoms with Crippen LogP contribution >= 0.6 is 23.2 Å². The number of nitro groups is 1. The van der Waals surface area contributed by atoms with Crippen molar-refractivity contribution in [2.24, 2.45) is 0 Å². The summed E-state index contributed by atoms with van der Waals surface area (Å²) in [5, 5.41) is 19.0. The number of nitrogens with one attached hydrogen (secondary N) is 1. The molecular formula is C11H14Cl2N2O5S. The molecule has 0 saturated carbocycles. The van der Waals surface area contributed by atoms with Gasteiger partial charge in [0.15, 0.2) is 0 Å². The molecule has 0 heterocycles. The molecule has 1 unspecified atom stereocenters. The monoisotopic (exact) mass is 356 g/mol. The molecule has 0 fully saturated rings. The Bertz CT molecular complexity index is 636. The van der Waals surface area contributed by atoms with E-state index >= 15 is 0 Å². The zero-order valence-electron chi connectivity index (χ0n) is 11.0. The number of aliphatic hydroxyl groups is 1. The quantitative estimate of drug-likeness (QED) is 0.575. The molecule has 0 amide bonds. The molecule has 0 aliphatic carbocycles. The lowest BCUT2D eigenvalue weighted by molar-refractivity contribution is -0.384. The lowest BCUT2D eigenvalue weighted by atomic mass is 10.2. The number of sulfonamides is 1. The van der Waals surface area contributed by atoms with Gasteiger partial charge in [0.25, 0.3) is 0 Å². The van der Waals surface area contributed by atoms with Gasteiger partial charge in [0.05, 0.1) is 4.92 Å². The second kappa shape index (κ2) is 7.37. The molecule has 118 valence electrons. The zero-order valence-corrected chi connectivity index (χ0v) is 13.4. The molecule has 0 aliphatic heterocycles. The number of rotatable bonds is 7. The summed E-state index contributed by atoms with van der Waals surface area (Å²) in [5.74, 6) is 0. The number of aliphatic hydroxyl groups excluding tert-OH is 1. The van der Waals surface area contributed by atoms with Gasteiger partial charge in [0.1, 0.15) is 14.9 Å². The Morgan fingerprint density at radius 2 is 2.05 bits per heavy atom. The molecule has 0 radical (unpaired) electrons. The maximum atomic E-state index is 12.2. The van der Waals surface area contributed by atoms with E-state index in [0.717, 1.165) is 12.1 Å². The number of nitrogens with zero attached hydrogens (tertiary/aromatic N) is 1. The molecule has 1 rings (SSSR count). The summed E-state index contributed by atoms with van der Waals surface area (Å²) in [6.07, 6.45) is 0.677. The van der Waals surface area contributed by atoms with Gasteiger partial charge in [-0.2, -0.15) is 0 Å². The van der Waals surface area contributed by atoms with E-state index in [-0.39, 0.29) is 18.1 Å². The van der Waals surface area contributed by atoms with E-state index in [9.17, 15) is 18.5 Å². The van der Waals surface area contributed by atoms with Gasteiger partial charge in [0, 0.05) is 12.6 Å². The average molecular weight is 357 g/mol. The Balaban J connectivity index is 3.26. The van der Waals surface area contributed by atoms with Crippen LogP contribution < -0.4 is 4.72 Å². The first-order valence-electron chi connectivity index (χ1n) is 6.00. The van der Waals surface area contributed by atoms with Crippen LogP contribution in [0, 0.1) is 10.1 Å². The smallest absolute Gasteiger partial charge is 0.307 e. The Kier molecular flexibility index (Phi) is 6.36. The fraction of sp³-hybridized carbons (Fsp3) is 0.455. The SMILES string of the molecule is CCC(CCO)NS(=O)(=O)c1ccc(Cl)c([N+](=O)[O-])c1Cl. The second-order valence-electron chi connectivity index (χ2n) is 4.20. The summed E-state index contributed by atoms with van der Waals surface area (Å²) >= 11 is 11.5. The number of hydrogen-bond donors (Lipinski definition) is 2. The summed E-state index contributed by atoms with van der Waals surface area (Å²) in [4.78, 5) is 9.63. The third kappa shape index (κ3) is 4.27. The van der Waals surface area contributed by atoms with E-state index in [1.54, 1.807) is 6.92 Å². The van der Waals surface area contributed by atoms with Gasteiger partial charge in [-0.25, -0.2) is 13.1 Å². The van der Waals surface area contributed by atoms with Crippen LogP contribution in [-0.4, -0.2) is 31.1 Å². The van der Waals surface area contributed by atoms with Crippen molar-refractivity contribution in [3.05, 3.63) is 32.3 Å². The fourth-order valence-corrected chi connectivity index (χ4v) is 3.93. The van der Waals surface area contributed by atoms with Crippen LogP contribution in [0.15, 0.2) is 17.0 Å². The third-order valence-electron chi connectivity index (χ3n) is 2.80. The van der Waals surface area contributed by atoms with Crippen LogP contribution in [0.3, 0.4) is 0 Å². The highest BCUT2D eigenvalue weighted by atomic mass is 35.5. The van der Waals surface area contributed by atoms with Crippen molar-refractivity contribution in [2.75, 3.05) is 6.61 Å². The molecule has 7 nitrogen and oxygen atoms in total. The predicted octanol–water partition coefficient (Wildman–Crippen LogP) is 2.34. The topological polar surface area (TPSA) is 110 Å². The highest BCUT2D eigenvalue weighted by Crippen LogP contribution is 2.37. The van der Waals surface area contributed by atoms with E-state index in [2.05, 4.69) is 4.72 Å². The van der Waals surface area contributed by atoms with E-state index in [1.807, 2.05) is 0 Å². The molecule has 0 aliphatic rings. The molecule has 1 aromatic carbocycles. The predicted molar refractivity (Wildman–Crippen MR) is 79.2 cm³/mol. The van der Waals surface area contributed by atoms with Crippen LogP contribution in [0.1, 0.15) is 19.8 Å². The minimum atomic E-state index is -4.05. The van der Waals surface area contributed by atoms with Crippen LogP contribution in [0.2, 0.25) is 10.0 Å². The maximum Gasteiger partial charge on any atom is 0.307 e. The van der Waals surface area contributed by atoms with Crippen molar-refractivity contribution in [1.29, 1.82) is 0 Å². The van der Waals surface area contributed by atoms with Gasteiger partial charge in [-0.15, -0.1) is 0 Å². The normalized spacial score (nSPS) is 13.1. The molecule has 1 aromatic rings. The molecular weight excluding hydrogens is 343 g/mol. The van der Waals surface area contributed by atoms with E-state index in [1.165, 1.54) is 0 Å². The van der Waals surface area contributed by atoms with Crippen LogP contribution in [0.5, 0.6) is 0 Å². The molecule has 1 atom stereocenters. The lowest BCUT2D eigenvalue weighted by Gasteiger charge is -2.16. The van der Waals surface area contributed by atoms with Crippen LogP contribution in [-0.2, 0) is 10.0 Å². The van der Waals surface area contributed by atoms with Gasteiger partial charge in [-0.3, -0.25) is 10.1 Å². The zero-order chi connectivity index (χ0) is 16.2. The molecule has 0 bridgehead atoms. The molecule has 21 heavy (non-hydrogen) atoms. The van der Waals surface area contributed by atoms with E-state index in [4.69, 9.17) is 28.3 Å². The third-order valence-corrected chi connectivity index (χ3v) is 5.16. The molecule has 2 N–H and O–H groups in total. The van der Waals surface area contributed by atoms with Crippen LogP contribution in [0.4, 0.5) is 5.69 Å².